The number of nitrogens with zero attached hydrogens (tertiary/aromatic N) is 1. The predicted octanol–water partition coefficient (Wildman–Crippen LogP) is 5.36. The molecule has 0 aliphatic heterocycles. The number of amides is 1. The van der Waals surface area contributed by atoms with Gasteiger partial charge in [-0.15, -0.1) is 0 Å². The van der Waals surface area contributed by atoms with Crippen molar-refractivity contribution in [2.75, 3.05) is 0 Å². The summed E-state index contributed by atoms with van der Waals surface area (Å²) in [5.74, 6) is -0.335. The van der Waals surface area contributed by atoms with Crippen molar-refractivity contribution in [1.29, 1.82) is 0 Å². The van der Waals surface area contributed by atoms with E-state index in [1.165, 1.54) is 6.07 Å². The summed E-state index contributed by atoms with van der Waals surface area (Å²) < 4.78 is 14.0. The molecule has 0 saturated carbocycles. The van der Waals surface area contributed by atoms with Crippen LogP contribution in [-0.2, 0) is 24.3 Å². The van der Waals surface area contributed by atoms with Crippen LogP contribution in [0.5, 0.6) is 0 Å². The Hall–Kier alpha value is -2.46. The molecule has 0 aliphatic rings. The highest BCUT2D eigenvalue weighted by molar-refractivity contribution is 9.10. The first-order chi connectivity index (χ1) is 13.1. The summed E-state index contributed by atoms with van der Waals surface area (Å²) in [4.78, 5) is 14.5. The molecule has 1 amide bonds. The maximum atomic E-state index is 14.0. The first-order valence-electron chi connectivity index (χ1n) is 8.87. The zero-order valence-electron chi connectivity index (χ0n) is 14.9. The monoisotopic (exact) mass is 425 g/mol. The van der Waals surface area contributed by atoms with E-state index >= 15 is 0 Å². The third-order valence-corrected chi connectivity index (χ3v) is 5.08. The van der Waals surface area contributed by atoms with E-state index in [0.29, 0.717) is 25.1 Å². The van der Waals surface area contributed by atoms with E-state index in [9.17, 15) is 9.18 Å². The average molecular weight is 426 g/mol. The van der Waals surface area contributed by atoms with Gasteiger partial charge in [0.2, 0.25) is 5.91 Å². The lowest BCUT2D eigenvalue weighted by molar-refractivity contribution is -0.131. The van der Waals surface area contributed by atoms with Gasteiger partial charge in [0.15, 0.2) is 0 Å². The molecule has 0 saturated heterocycles. The maximum Gasteiger partial charge on any atom is 0.237 e. The average Bonchev–Trinajstić information content (AvgIpc) is 2.70. The van der Waals surface area contributed by atoms with Crippen LogP contribution >= 0.6 is 15.9 Å². The number of hydrogen-bond acceptors (Lipinski definition) is 1. The topological polar surface area (TPSA) is 20.3 Å². The van der Waals surface area contributed by atoms with E-state index in [0.717, 1.165) is 11.1 Å². The molecule has 0 heterocycles. The molecule has 1 unspecified atom stereocenters. The van der Waals surface area contributed by atoms with Gasteiger partial charge in [-0.25, -0.2) is 4.39 Å². The standard InChI is InChI=1S/C23H21BrFNO/c24-21(15-20-13-7-8-14-22(20)25)23(27)26(16-18-9-3-1-4-10-18)17-19-11-5-2-6-12-19/h1-14,21H,15-17H2. The van der Waals surface area contributed by atoms with Gasteiger partial charge < -0.3 is 4.90 Å². The number of benzene rings is 3. The first kappa shape index (κ1) is 19.3. The second kappa shape index (κ2) is 9.47. The molecule has 27 heavy (non-hydrogen) atoms. The van der Waals surface area contributed by atoms with Gasteiger partial charge in [-0.2, -0.15) is 0 Å². The fourth-order valence-electron chi connectivity index (χ4n) is 2.96. The summed E-state index contributed by atoms with van der Waals surface area (Å²) in [5, 5.41) is 0. The van der Waals surface area contributed by atoms with Gasteiger partial charge in [-0.3, -0.25) is 4.79 Å². The van der Waals surface area contributed by atoms with Crippen LogP contribution in [0.1, 0.15) is 16.7 Å². The molecule has 3 aromatic carbocycles. The highest BCUT2D eigenvalue weighted by Crippen LogP contribution is 2.19. The molecule has 3 aromatic rings. The van der Waals surface area contributed by atoms with Gasteiger partial charge in [0.05, 0.1) is 4.83 Å². The Labute approximate surface area is 167 Å². The Kier molecular flexibility index (Phi) is 6.77. The van der Waals surface area contributed by atoms with Gasteiger partial charge in [0, 0.05) is 13.1 Å². The lowest BCUT2D eigenvalue weighted by Gasteiger charge is -2.26. The third kappa shape index (κ3) is 5.51. The molecule has 138 valence electrons. The van der Waals surface area contributed by atoms with E-state index in [1.807, 2.05) is 65.6 Å². The lowest BCUT2D eigenvalue weighted by Crippen LogP contribution is -2.36. The molecule has 0 bridgehead atoms. The number of alkyl halides is 1. The van der Waals surface area contributed by atoms with E-state index in [1.54, 1.807) is 18.2 Å². The summed E-state index contributed by atoms with van der Waals surface area (Å²) in [6, 6.07) is 26.4. The predicted molar refractivity (Wildman–Crippen MR) is 110 cm³/mol. The number of carbonyl (C=O) groups is 1. The quantitative estimate of drug-likeness (QED) is 0.466. The zero-order chi connectivity index (χ0) is 19.1. The number of halogens is 2. The van der Waals surface area contributed by atoms with Crippen molar-refractivity contribution < 1.29 is 9.18 Å². The molecule has 0 radical (unpaired) electrons. The Morgan fingerprint density at radius 2 is 1.30 bits per heavy atom. The molecular formula is C23H21BrFNO. The second-order valence-electron chi connectivity index (χ2n) is 6.43. The van der Waals surface area contributed by atoms with Gasteiger partial charge in [0.1, 0.15) is 5.82 Å². The fourth-order valence-corrected chi connectivity index (χ4v) is 3.60. The number of carbonyl (C=O) groups excluding carboxylic acids is 1. The van der Waals surface area contributed by atoms with E-state index in [-0.39, 0.29) is 11.7 Å². The number of hydrogen-bond donors (Lipinski definition) is 0. The molecule has 1 atom stereocenters. The lowest BCUT2D eigenvalue weighted by atomic mass is 10.1. The summed E-state index contributed by atoms with van der Waals surface area (Å²) in [6.07, 6.45) is 0.311. The van der Waals surface area contributed by atoms with Crippen LogP contribution < -0.4 is 0 Å². The molecule has 0 N–H and O–H groups in total. The minimum absolute atomic E-state index is 0.0500. The fraction of sp³-hybridized carbons (Fsp3) is 0.174. The second-order valence-corrected chi connectivity index (χ2v) is 7.53. The Morgan fingerprint density at radius 1 is 0.815 bits per heavy atom. The van der Waals surface area contributed by atoms with Crippen LogP contribution in [0.25, 0.3) is 0 Å². The molecular weight excluding hydrogens is 405 g/mol. The highest BCUT2D eigenvalue weighted by atomic mass is 79.9. The van der Waals surface area contributed by atoms with Crippen LogP contribution in [0.4, 0.5) is 4.39 Å². The van der Waals surface area contributed by atoms with E-state index in [2.05, 4.69) is 15.9 Å². The molecule has 0 aliphatic carbocycles. The highest BCUT2D eigenvalue weighted by Gasteiger charge is 2.23. The normalized spacial score (nSPS) is 11.8. The van der Waals surface area contributed by atoms with Crippen LogP contribution in [-0.4, -0.2) is 15.6 Å². The molecule has 4 heteroatoms. The van der Waals surface area contributed by atoms with E-state index in [4.69, 9.17) is 0 Å². The minimum atomic E-state index is -0.484. The summed E-state index contributed by atoms with van der Waals surface area (Å²) in [7, 11) is 0. The van der Waals surface area contributed by atoms with Crippen molar-refractivity contribution in [3.8, 4) is 0 Å². The summed E-state index contributed by atoms with van der Waals surface area (Å²) in [5.41, 5.74) is 2.66. The van der Waals surface area contributed by atoms with Gasteiger partial charge >= 0.3 is 0 Å². The molecule has 3 rings (SSSR count). The van der Waals surface area contributed by atoms with Crippen molar-refractivity contribution in [2.24, 2.45) is 0 Å². The van der Waals surface area contributed by atoms with Crippen LogP contribution in [0.15, 0.2) is 84.9 Å². The largest absolute Gasteiger partial charge is 0.333 e. The zero-order valence-corrected chi connectivity index (χ0v) is 16.5. The smallest absolute Gasteiger partial charge is 0.237 e. The van der Waals surface area contributed by atoms with Crippen molar-refractivity contribution in [3.63, 3.8) is 0 Å². The Balaban J connectivity index is 1.77. The van der Waals surface area contributed by atoms with Crippen molar-refractivity contribution in [1.82, 2.24) is 4.90 Å². The molecule has 0 fully saturated rings. The van der Waals surface area contributed by atoms with Crippen LogP contribution in [0.2, 0.25) is 0 Å². The van der Waals surface area contributed by atoms with Crippen LogP contribution in [0, 0.1) is 5.82 Å². The van der Waals surface area contributed by atoms with Crippen molar-refractivity contribution in [2.45, 2.75) is 24.3 Å². The van der Waals surface area contributed by atoms with Gasteiger partial charge in [-0.1, -0.05) is 94.8 Å². The maximum absolute atomic E-state index is 14.0. The summed E-state index contributed by atoms with van der Waals surface area (Å²) in [6.45, 7) is 1.02. The first-order valence-corrected chi connectivity index (χ1v) is 9.79. The van der Waals surface area contributed by atoms with Gasteiger partial charge in [-0.05, 0) is 29.2 Å². The number of rotatable bonds is 7. The van der Waals surface area contributed by atoms with Crippen LogP contribution in [0.3, 0.4) is 0 Å². The van der Waals surface area contributed by atoms with E-state index < -0.39 is 4.83 Å². The van der Waals surface area contributed by atoms with Crippen molar-refractivity contribution >= 4 is 21.8 Å². The molecule has 0 spiro atoms. The van der Waals surface area contributed by atoms with Crippen molar-refractivity contribution in [3.05, 3.63) is 107 Å². The molecule has 2 nitrogen and oxygen atoms in total. The molecule has 0 aromatic heterocycles. The van der Waals surface area contributed by atoms with Gasteiger partial charge in [0.25, 0.3) is 0 Å². The third-order valence-electron chi connectivity index (χ3n) is 4.37. The summed E-state index contributed by atoms with van der Waals surface area (Å²) >= 11 is 3.48. The minimum Gasteiger partial charge on any atom is -0.333 e. The SMILES string of the molecule is O=C(C(Br)Cc1ccccc1F)N(Cc1ccccc1)Cc1ccccc1. The Bertz CT molecular complexity index is 828. The Morgan fingerprint density at radius 3 is 1.81 bits per heavy atom.